The molecule has 0 unspecified atom stereocenters. The molecule has 6 aromatic rings. The largest absolute Gasteiger partial charge is 0.455 e. The lowest BCUT2D eigenvalue weighted by Crippen LogP contribution is -2.55. The summed E-state index contributed by atoms with van der Waals surface area (Å²) in [5, 5.41) is 0. The molecule has 4 saturated carbocycles. The van der Waals surface area contributed by atoms with Crippen LogP contribution in [0, 0.1) is 23.7 Å². The smallest absolute Gasteiger partial charge is 0.142 e. The lowest BCUT2D eigenvalue weighted by atomic mass is 9.43. The summed E-state index contributed by atoms with van der Waals surface area (Å²) >= 11 is 1.89. The van der Waals surface area contributed by atoms with E-state index in [0.717, 1.165) is 40.3 Å². The summed E-state index contributed by atoms with van der Waals surface area (Å²) in [6, 6.07) is 39.9. The minimum absolute atomic E-state index is 0.0472. The van der Waals surface area contributed by atoms with Gasteiger partial charge in [-0.25, -0.2) is 4.98 Å². The molecule has 4 fully saturated rings. The molecule has 4 bridgehead atoms. The van der Waals surface area contributed by atoms with E-state index in [4.69, 9.17) is 9.72 Å². The van der Waals surface area contributed by atoms with E-state index in [9.17, 15) is 0 Å². The number of benzene rings is 4. The van der Waals surface area contributed by atoms with Crippen molar-refractivity contribution in [3.05, 3.63) is 133 Å². The van der Waals surface area contributed by atoms with Gasteiger partial charge in [0.05, 0.1) is 21.2 Å². The number of rotatable bonds is 3. The molecule has 4 aromatic carbocycles. The van der Waals surface area contributed by atoms with Gasteiger partial charge >= 0.3 is 0 Å². The van der Waals surface area contributed by atoms with Gasteiger partial charge in [-0.1, -0.05) is 72.4 Å². The maximum absolute atomic E-state index is 6.58. The molecule has 48 heavy (non-hydrogen) atoms. The Morgan fingerprint density at radius 2 is 1.31 bits per heavy atom. The molecular weight excluding hydrogens is 605 g/mol. The standard InChI is InChI=1S/C44H34N2OS/c1-2-6-28(7-3-1)31-24-37(29-14-16-45-17-15-29)46-38(25-31)30-10-11-34-36(23-30)44(32-19-26-18-27(21-32)22-33(44)20-26)35-12-13-40-43(42(34)35)48-41-9-5-4-8-39(41)47-40/h1-17,23-27,32-33H,18-22H2. The van der Waals surface area contributed by atoms with Gasteiger partial charge in [-0.15, -0.1) is 0 Å². The van der Waals surface area contributed by atoms with Crippen LogP contribution in [-0.4, -0.2) is 9.97 Å². The summed E-state index contributed by atoms with van der Waals surface area (Å²) in [5.41, 5.74) is 12.6. The lowest BCUT2D eigenvalue weighted by Gasteiger charge is -2.61. The van der Waals surface area contributed by atoms with Crippen molar-refractivity contribution in [2.75, 3.05) is 0 Å². The van der Waals surface area contributed by atoms with Crippen molar-refractivity contribution in [1.82, 2.24) is 9.97 Å². The van der Waals surface area contributed by atoms with Crippen molar-refractivity contribution in [2.24, 2.45) is 23.7 Å². The van der Waals surface area contributed by atoms with Gasteiger partial charge in [0.15, 0.2) is 0 Å². The van der Waals surface area contributed by atoms with Crippen LogP contribution in [0.4, 0.5) is 0 Å². The first kappa shape index (κ1) is 27.3. The minimum atomic E-state index is 0.0472. The highest BCUT2D eigenvalue weighted by Crippen LogP contribution is 2.71. The van der Waals surface area contributed by atoms with Crippen LogP contribution in [0.1, 0.15) is 43.2 Å². The topological polar surface area (TPSA) is 35.0 Å². The van der Waals surface area contributed by atoms with E-state index >= 15 is 0 Å². The van der Waals surface area contributed by atoms with E-state index in [0.29, 0.717) is 11.8 Å². The maximum atomic E-state index is 6.58. The Morgan fingerprint density at radius 3 is 2.10 bits per heavy atom. The molecule has 5 aliphatic carbocycles. The van der Waals surface area contributed by atoms with E-state index in [1.165, 1.54) is 75.3 Å². The number of para-hydroxylation sites is 1. The van der Waals surface area contributed by atoms with Crippen LogP contribution in [0.5, 0.6) is 11.5 Å². The highest BCUT2D eigenvalue weighted by molar-refractivity contribution is 7.99. The zero-order valence-corrected chi connectivity index (χ0v) is 27.4. The summed E-state index contributed by atoms with van der Waals surface area (Å²) in [6.07, 6.45) is 10.6. The number of ether oxygens (including phenoxy) is 1. The van der Waals surface area contributed by atoms with Crippen LogP contribution in [-0.2, 0) is 5.41 Å². The quantitative estimate of drug-likeness (QED) is 0.193. The van der Waals surface area contributed by atoms with Gasteiger partial charge in [0.1, 0.15) is 11.5 Å². The number of hydrogen-bond acceptors (Lipinski definition) is 4. The lowest BCUT2D eigenvalue weighted by molar-refractivity contribution is -0.0399. The third-order valence-electron chi connectivity index (χ3n) is 12.2. The summed E-state index contributed by atoms with van der Waals surface area (Å²) < 4.78 is 6.58. The first-order valence-corrected chi connectivity index (χ1v) is 18.3. The van der Waals surface area contributed by atoms with Crippen LogP contribution in [0.3, 0.4) is 0 Å². The molecule has 1 spiro atoms. The highest BCUT2D eigenvalue weighted by atomic mass is 32.2. The second-order valence-corrected chi connectivity index (χ2v) is 15.7. The Labute approximate surface area is 285 Å². The van der Waals surface area contributed by atoms with Crippen LogP contribution < -0.4 is 4.74 Å². The first-order valence-electron chi connectivity index (χ1n) is 17.5. The molecule has 0 amide bonds. The molecule has 2 aromatic heterocycles. The summed E-state index contributed by atoms with van der Waals surface area (Å²) in [4.78, 5) is 12.1. The van der Waals surface area contributed by atoms with Crippen molar-refractivity contribution in [3.8, 4) is 56.3 Å². The second kappa shape index (κ2) is 10.2. The zero-order valence-electron chi connectivity index (χ0n) is 26.6. The van der Waals surface area contributed by atoms with Crippen molar-refractivity contribution in [1.29, 1.82) is 0 Å². The molecule has 4 heteroatoms. The predicted octanol–water partition coefficient (Wildman–Crippen LogP) is 11.5. The molecule has 3 heterocycles. The summed E-state index contributed by atoms with van der Waals surface area (Å²) in [7, 11) is 0. The molecule has 0 radical (unpaired) electrons. The maximum Gasteiger partial charge on any atom is 0.142 e. The van der Waals surface area contributed by atoms with Crippen molar-refractivity contribution in [3.63, 3.8) is 0 Å². The number of hydrogen-bond donors (Lipinski definition) is 0. The molecule has 1 aliphatic heterocycles. The monoisotopic (exact) mass is 638 g/mol. The molecule has 0 N–H and O–H groups in total. The number of pyridine rings is 2. The third kappa shape index (κ3) is 3.84. The Hall–Kier alpha value is -4.67. The van der Waals surface area contributed by atoms with Gasteiger partial charge in [0.25, 0.3) is 0 Å². The predicted molar refractivity (Wildman–Crippen MR) is 192 cm³/mol. The molecule has 12 rings (SSSR count). The number of nitrogens with zero attached hydrogens (tertiary/aromatic N) is 2. The van der Waals surface area contributed by atoms with Crippen LogP contribution in [0.2, 0.25) is 0 Å². The SMILES string of the molecule is c1ccc(-c2cc(-c3ccncc3)nc(-c3ccc4c(c3)C3(c5ccc6c(c5-4)Sc4ccccc4O6)C4CC5CC(C4)CC3C5)c2)cc1. The van der Waals surface area contributed by atoms with E-state index in [2.05, 4.69) is 114 Å². The minimum Gasteiger partial charge on any atom is -0.455 e. The fourth-order valence-electron chi connectivity index (χ4n) is 10.6. The van der Waals surface area contributed by atoms with Gasteiger partial charge in [0.2, 0.25) is 0 Å². The Kier molecular flexibility index (Phi) is 5.78. The average Bonchev–Trinajstić information content (AvgIpc) is 3.43. The summed E-state index contributed by atoms with van der Waals surface area (Å²) in [5.74, 6) is 5.10. The van der Waals surface area contributed by atoms with Gasteiger partial charge in [-0.3, -0.25) is 4.98 Å². The Bertz CT molecular complexity index is 2180. The fourth-order valence-corrected chi connectivity index (χ4v) is 11.7. The van der Waals surface area contributed by atoms with Crippen molar-refractivity contribution < 1.29 is 4.74 Å². The van der Waals surface area contributed by atoms with Crippen LogP contribution in [0.25, 0.3) is 44.8 Å². The first-order chi connectivity index (χ1) is 23.7. The molecular formula is C44H34N2OS. The Morgan fingerprint density at radius 1 is 0.583 bits per heavy atom. The van der Waals surface area contributed by atoms with Gasteiger partial charge in [-0.05, 0) is 132 Å². The van der Waals surface area contributed by atoms with Gasteiger partial charge in [0, 0.05) is 34.5 Å². The molecule has 6 aliphatic rings. The van der Waals surface area contributed by atoms with Gasteiger partial charge in [-0.2, -0.15) is 0 Å². The normalized spacial score (nSPS) is 25.2. The fraction of sp³-hybridized carbons (Fsp3) is 0.227. The van der Waals surface area contributed by atoms with E-state index in [-0.39, 0.29) is 5.41 Å². The van der Waals surface area contributed by atoms with Gasteiger partial charge < -0.3 is 4.74 Å². The number of fused-ring (bicyclic) bond motifs is 6. The molecule has 232 valence electrons. The average molecular weight is 639 g/mol. The second-order valence-electron chi connectivity index (χ2n) is 14.6. The van der Waals surface area contributed by atoms with E-state index in [1.54, 1.807) is 5.56 Å². The van der Waals surface area contributed by atoms with Crippen molar-refractivity contribution in [2.45, 2.75) is 47.3 Å². The third-order valence-corrected chi connectivity index (χ3v) is 13.4. The molecule has 0 atom stereocenters. The summed E-state index contributed by atoms with van der Waals surface area (Å²) in [6.45, 7) is 0. The zero-order chi connectivity index (χ0) is 31.4. The van der Waals surface area contributed by atoms with E-state index in [1.807, 2.05) is 24.2 Å². The highest BCUT2D eigenvalue weighted by Gasteiger charge is 2.62. The Balaban J connectivity index is 1.13. The molecule has 0 saturated heterocycles. The molecule has 3 nitrogen and oxygen atoms in total. The van der Waals surface area contributed by atoms with Crippen LogP contribution in [0.15, 0.2) is 131 Å². The number of aromatic nitrogens is 2. The van der Waals surface area contributed by atoms with Crippen molar-refractivity contribution >= 4 is 11.8 Å². The van der Waals surface area contributed by atoms with Crippen LogP contribution >= 0.6 is 11.8 Å². The van der Waals surface area contributed by atoms with E-state index < -0.39 is 0 Å².